The highest BCUT2D eigenvalue weighted by Crippen LogP contribution is 2.22. The van der Waals surface area contributed by atoms with Crippen LogP contribution in [0.15, 0.2) is 47.0 Å². The zero-order valence-corrected chi connectivity index (χ0v) is 15.0. The Labute approximate surface area is 151 Å². The van der Waals surface area contributed by atoms with Crippen molar-refractivity contribution in [2.24, 2.45) is 5.92 Å². The fourth-order valence-electron chi connectivity index (χ4n) is 2.53. The molecule has 2 amide bonds. The highest BCUT2D eigenvalue weighted by atomic mass is 16.5. The molecule has 3 aromatic rings. The summed E-state index contributed by atoms with van der Waals surface area (Å²) in [5.74, 6) is -0.380. The molecule has 26 heavy (non-hydrogen) atoms. The highest BCUT2D eigenvalue weighted by molar-refractivity contribution is 5.97. The molecule has 6 heteroatoms. The quantitative estimate of drug-likeness (QED) is 0.730. The fourth-order valence-corrected chi connectivity index (χ4v) is 2.53. The first-order valence-electron chi connectivity index (χ1n) is 8.48. The molecule has 2 aromatic carbocycles. The van der Waals surface area contributed by atoms with Gasteiger partial charge in [-0.15, -0.1) is 0 Å². The first kappa shape index (κ1) is 17.7. The van der Waals surface area contributed by atoms with Gasteiger partial charge in [-0.05, 0) is 36.8 Å². The molecule has 6 nitrogen and oxygen atoms in total. The summed E-state index contributed by atoms with van der Waals surface area (Å²) in [6.45, 7) is 5.55. The van der Waals surface area contributed by atoms with Gasteiger partial charge in [-0.3, -0.25) is 9.59 Å². The number of rotatable bonds is 5. The van der Waals surface area contributed by atoms with Gasteiger partial charge in [0.15, 0.2) is 5.58 Å². The van der Waals surface area contributed by atoms with Gasteiger partial charge in [-0.2, -0.15) is 0 Å². The second kappa shape index (κ2) is 7.39. The maximum Gasteiger partial charge on any atom is 0.230 e. The lowest BCUT2D eigenvalue weighted by Gasteiger charge is -2.12. The van der Waals surface area contributed by atoms with Crippen LogP contribution in [-0.4, -0.2) is 17.0 Å². The lowest BCUT2D eigenvalue weighted by atomic mass is 10.1. The third kappa shape index (κ3) is 3.91. The van der Waals surface area contributed by atoms with Crippen LogP contribution in [0, 0.1) is 12.8 Å². The van der Waals surface area contributed by atoms with Crippen LogP contribution >= 0.6 is 0 Å². The Bertz CT molecular complexity index is 960. The molecule has 0 aliphatic carbocycles. The van der Waals surface area contributed by atoms with Crippen molar-refractivity contribution in [3.63, 3.8) is 0 Å². The van der Waals surface area contributed by atoms with E-state index in [-0.39, 0.29) is 24.2 Å². The number of nitrogens with zero attached hydrogens (tertiary/aromatic N) is 1. The Morgan fingerprint density at radius 3 is 2.65 bits per heavy atom. The van der Waals surface area contributed by atoms with Crippen molar-refractivity contribution < 1.29 is 14.1 Å². The number of amides is 2. The molecule has 0 spiro atoms. The smallest absolute Gasteiger partial charge is 0.230 e. The van der Waals surface area contributed by atoms with Gasteiger partial charge in [0, 0.05) is 22.7 Å². The van der Waals surface area contributed by atoms with Crippen molar-refractivity contribution in [2.45, 2.75) is 27.2 Å². The molecule has 0 radical (unpaired) electrons. The predicted octanol–water partition coefficient (Wildman–Crippen LogP) is 3.91. The first-order valence-corrected chi connectivity index (χ1v) is 8.48. The van der Waals surface area contributed by atoms with Crippen LogP contribution in [-0.2, 0) is 16.0 Å². The summed E-state index contributed by atoms with van der Waals surface area (Å²) in [4.78, 5) is 24.3. The van der Waals surface area contributed by atoms with E-state index < -0.39 is 0 Å². The summed E-state index contributed by atoms with van der Waals surface area (Å²) < 4.78 is 5.23. The monoisotopic (exact) mass is 351 g/mol. The van der Waals surface area contributed by atoms with Gasteiger partial charge in [-0.25, -0.2) is 0 Å². The number of hydrogen-bond donors (Lipinski definition) is 2. The summed E-state index contributed by atoms with van der Waals surface area (Å²) in [5, 5.41) is 10.5. The zero-order chi connectivity index (χ0) is 18.7. The normalized spacial score (nSPS) is 10.9. The van der Waals surface area contributed by atoms with E-state index in [1.54, 1.807) is 6.07 Å². The van der Waals surface area contributed by atoms with Crippen LogP contribution in [0.5, 0.6) is 0 Å². The minimum absolute atomic E-state index is 0.0693. The van der Waals surface area contributed by atoms with Gasteiger partial charge >= 0.3 is 0 Å². The molecule has 0 unspecified atom stereocenters. The number of anilines is 2. The third-order valence-electron chi connectivity index (χ3n) is 4.08. The van der Waals surface area contributed by atoms with Crippen molar-refractivity contribution in [3.05, 3.63) is 53.7 Å². The number of para-hydroxylation sites is 1. The van der Waals surface area contributed by atoms with Crippen molar-refractivity contribution in [3.8, 4) is 0 Å². The van der Waals surface area contributed by atoms with Crippen LogP contribution in [0.2, 0.25) is 0 Å². The van der Waals surface area contributed by atoms with Gasteiger partial charge in [-0.1, -0.05) is 37.2 Å². The van der Waals surface area contributed by atoms with Crippen LogP contribution in [0.1, 0.15) is 25.1 Å². The molecule has 134 valence electrons. The molecule has 0 aliphatic rings. The Balaban J connectivity index is 1.73. The van der Waals surface area contributed by atoms with Crippen molar-refractivity contribution in [1.82, 2.24) is 5.16 Å². The van der Waals surface area contributed by atoms with Gasteiger partial charge in [0.2, 0.25) is 11.8 Å². The molecular formula is C20H21N3O3. The van der Waals surface area contributed by atoms with E-state index in [0.717, 1.165) is 10.9 Å². The maximum absolute atomic E-state index is 12.4. The van der Waals surface area contributed by atoms with E-state index in [2.05, 4.69) is 15.8 Å². The Morgan fingerprint density at radius 2 is 1.88 bits per heavy atom. The molecule has 0 atom stereocenters. The Kier molecular flexibility index (Phi) is 5.02. The minimum Gasteiger partial charge on any atom is -0.356 e. The van der Waals surface area contributed by atoms with Gasteiger partial charge in [0.25, 0.3) is 0 Å². The number of hydrogen-bond acceptors (Lipinski definition) is 4. The lowest BCUT2D eigenvalue weighted by molar-refractivity contribution is -0.119. The van der Waals surface area contributed by atoms with Crippen molar-refractivity contribution >= 4 is 34.2 Å². The van der Waals surface area contributed by atoms with Gasteiger partial charge in [0.1, 0.15) is 5.69 Å². The number of fused-ring (bicyclic) bond motifs is 1. The molecule has 2 N–H and O–H groups in total. The molecule has 1 heterocycles. The third-order valence-corrected chi connectivity index (χ3v) is 4.08. The van der Waals surface area contributed by atoms with Gasteiger partial charge < -0.3 is 15.2 Å². The maximum atomic E-state index is 12.4. The van der Waals surface area contributed by atoms with E-state index in [4.69, 9.17) is 4.52 Å². The summed E-state index contributed by atoms with van der Waals surface area (Å²) in [6.07, 6.45) is 0.110. The van der Waals surface area contributed by atoms with Crippen molar-refractivity contribution in [2.75, 3.05) is 10.6 Å². The number of aryl methyl sites for hydroxylation is 1. The molecular weight excluding hydrogens is 330 g/mol. The molecule has 1 aromatic heterocycles. The van der Waals surface area contributed by atoms with Crippen LogP contribution in [0.4, 0.5) is 11.4 Å². The van der Waals surface area contributed by atoms with E-state index in [1.165, 1.54) is 0 Å². The average molecular weight is 351 g/mol. The standard InChI is InChI=1S/C20H21N3O3/c1-12(2)20(25)21-14-9-8-13(3)16(10-14)22-19(24)11-17-15-6-4-5-7-18(15)26-23-17/h4-10,12H,11H2,1-3H3,(H,21,25)(H,22,24). The summed E-state index contributed by atoms with van der Waals surface area (Å²) in [5.41, 5.74) is 3.47. The predicted molar refractivity (Wildman–Crippen MR) is 101 cm³/mol. The van der Waals surface area contributed by atoms with E-state index in [9.17, 15) is 9.59 Å². The molecule has 0 saturated carbocycles. The zero-order valence-electron chi connectivity index (χ0n) is 15.0. The molecule has 3 rings (SSSR count). The second-order valence-corrected chi connectivity index (χ2v) is 6.52. The van der Waals surface area contributed by atoms with Crippen molar-refractivity contribution in [1.29, 1.82) is 0 Å². The Morgan fingerprint density at radius 1 is 1.12 bits per heavy atom. The molecule has 0 aliphatic heterocycles. The number of aromatic nitrogens is 1. The topological polar surface area (TPSA) is 84.2 Å². The molecule has 0 saturated heterocycles. The van der Waals surface area contributed by atoms with Gasteiger partial charge in [0.05, 0.1) is 6.42 Å². The molecule has 0 fully saturated rings. The number of carbonyl (C=O) groups is 2. The van der Waals surface area contributed by atoms with E-state index >= 15 is 0 Å². The van der Waals surface area contributed by atoms with Crippen LogP contribution in [0.25, 0.3) is 11.0 Å². The summed E-state index contributed by atoms with van der Waals surface area (Å²) >= 11 is 0. The Hall–Kier alpha value is -3.15. The second-order valence-electron chi connectivity index (χ2n) is 6.52. The lowest BCUT2D eigenvalue weighted by Crippen LogP contribution is -2.19. The molecule has 0 bridgehead atoms. The van der Waals surface area contributed by atoms with Crippen LogP contribution < -0.4 is 10.6 Å². The number of carbonyl (C=O) groups excluding carboxylic acids is 2. The van der Waals surface area contributed by atoms with E-state index in [0.29, 0.717) is 22.7 Å². The fraction of sp³-hybridized carbons (Fsp3) is 0.250. The first-order chi connectivity index (χ1) is 12.4. The SMILES string of the molecule is Cc1ccc(NC(=O)C(C)C)cc1NC(=O)Cc1noc2ccccc12. The minimum atomic E-state index is -0.195. The van der Waals surface area contributed by atoms with Crippen LogP contribution in [0.3, 0.4) is 0 Å². The number of nitrogens with one attached hydrogen (secondary N) is 2. The average Bonchev–Trinajstić information content (AvgIpc) is 3.01. The summed E-state index contributed by atoms with van der Waals surface area (Å²) in [7, 11) is 0. The largest absolute Gasteiger partial charge is 0.356 e. The highest BCUT2D eigenvalue weighted by Gasteiger charge is 2.14. The summed E-state index contributed by atoms with van der Waals surface area (Å²) in [6, 6.07) is 12.9. The number of benzene rings is 2. The van der Waals surface area contributed by atoms with E-state index in [1.807, 2.05) is 57.2 Å².